The molecule has 0 unspecified atom stereocenters. The molecule has 1 saturated heterocycles. The van der Waals surface area contributed by atoms with Crippen molar-refractivity contribution in [1.29, 1.82) is 0 Å². The van der Waals surface area contributed by atoms with E-state index in [-0.39, 0.29) is 17.1 Å². The molecule has 0 radical (unpaired) electrons. The molecule has 1 fully saturated rings. The first-order valence-corrected chi connectivity index (χ1v) is 7.47. The van der Waals surface area contributed by atoms with Crippen LogP contribution in [0.25, 0.3) is 0 Å². The molecule has 0 spiro atoms. The molecular formula is C14H16F2O2S. The number of ketones is 1. The molecule has 0 aromatic heterocycles. The minimum Gasteiger partial charge on any atom is -0.434 e. The molecule has 1 aliphatic rings. The Hall–Kier alpha value is -1.10. The fourth-order valence-electron chi connectivity index (χ4n) is 2.22. The first kappa shape index (κ1) is 14.3. The monoisotopic (exact) mass is 286 g/mol. The minimum atomic E-state index is -2.90. The third-order valence-electron chi connectivity index (χ3n) is 3.22. The molecule has 0 bridgehead atoms. The highest BCUT2D eigenvalue weighted by Crippen LogP contribution is 2.29. The van der Waals surface area contributed by atoms with E-state index >= 15 is 0 Å². The molecule has 1 aliphatic heterocycles. The van der Waals surface area contributed by atoms with Crippen molar-refractivity contribution in [1.82, 2.24) is 0 Å². The van der Waals surface area contributed by atoms with Crippen molar-refractivity contribution in [3.8, 4) is 5.75 Å². The number of benzene rings is 1. The van der Waals surface area contributed by atoms with Crippen LogP contribution in [0.5, 0.6) is 5.75 Å². The second kappa shape index (κ2) is 6.89. The summed E-state index contributed by atoms with van der Waals surface area (Å²) in [4.78, 5) is 12.2. The van der Waals surface area contributed by atoms with Crippen LogP contribution in [-0.2, 0) is 0 Å². The van der Waals surface area contributed by atoms with Crippen LogP contribution < -0.4 is 4.74 Å². The van der Waals surface area contributed by atoms with Gasteiger partial charge in [0.1, 0.15) is 5.75 Å². The minimum absolute atomic E-state index is 0.0207. The first-order valence-electron chi connectivity index (χ1n) is 6.31. The maximum atomic E-state index is 12.3. The highest BCUT2D eigenvalue weighted by atomic mass is 32.2. The number of thioether (sulfide) groups is 1. The fraction of sp³-hybridized carbons (Fsp3) is 0.500. The van der Waals surface area contributed by atoms with Gasteiger partial charge in [-0.05, 0) is 42.4 Å². The van der Waals surface area contributed by atoms with Crippen molar-refractivity contribution in [3.63, 3.8) is 0 Å². The van der Waals surface area contributed by atoms with Gasteiger partial charge >= 0.3 is 6.61 Å². The van der Waals surface area contributed by atoms with Gasteiger partial charge in [0.05, 0.1) is 5.56 Å². The molecule has 2 rings (SSSR count). The lowest BCUT2D eigenvalue weighted by Gasteiger charge is -2.20. The summed E-state index contributed by atoms with van der Waals surface area (Å²) in [5, 5.41) is 0. The van der Waals surface area contributed by atoms with E-state index in [1.54, 1.807) is 18.2 Å². The van der Waals surface area contributed by atoms with Crippen LogP contribution in [0.2, 0.25) is 0 Å². The predicted octanol–water partition coefficient (Wildman–Crippen LogP) is 4.00. The Labute approximate surface area is 115 Å². The Morgan fingerprint density at radius 2 is 2.00 bits per heavy atom. The van der Waals surface area contributed by atoms with Crippen molar-refractivity contribution in [2.45, 2.75) is 25.9 Å². The molecule has 0 saturated carbocycles. The Balaban J connectivity index is 2.05. The number of carbonyl (C=O) groups excluding carboxylic acids is 1. The van der Waals surface area contributed by atoms with E-state index in [1.165, 1.54) is 6.07 Å². The van der Waals surface area contributed by atoms with Gasteiger partial charge in [-0.3, -0.25) is 4.79 Å². The number of rotatable bonds is 5. The molecule has 0 atom stereocenters. The Kier molecular flexibility index (Phi) is 5.19. The van der Waals surface area contributed by atoms with Crippen molar-refractivity contribution in [2.24, 2.45) is 5.92 Å². The third-order valence-corrected chi connectivity index (χ3v) is 4.27. The molecule has 1 aromatic carbocycles. The number of ether oxygens (including phenoxy) is 1. The first-order chi connectivity index (χ1) is 9.16. The topological polar surface area (TPSA) is 26.3 Å². The zero-order valence-electron chi connectivity index (χ0n) is 10.5. The fourth-order valence-corrected chi connectivity index (χ4v) is 3.42. The van der Waals surface area contributed by atoms with E-state index in [0.29, 0.717) is 12.3 Å². The van der Waals surface area contributed by atoms with Gasteiger partial charge < -0.3 is 4.74 Å². The maximum Gasteiger partial charge on any atom is 0.387 e. The summed E-state index contributed by atoms with van der Waals surface area (Å²) < 4.78 is 29.0. The highest BCUT2D eigenvalue weighted by molar-refractivity contribution is 7.99. The number of halogens is 2. The van der Waals surface area contributed by atoms with Gasteiger partial charge in [0.25, 0.3) is 0 Å². The number of alkyl halides is 2. The Morgan fingerprint density at radius 3 is 2.68 bits per heavy atom. The molecule has 0 amide bonds. The van der Waals surface area contributed by atoms with Gasteiger partial charge in [0, 0.05) is 6.42 Å². The zero-order valence-corrected chi connectivity index (χ0v) is 11.3. The number of hydrogen-bond acceptors (Lipinski definition) is 3. The number of para-hydroxylation sites is 1. The van der Waals surface area contributed by atoms with E-state index in [9.17, 15) is 13.6 Å². The van der Waals surface area contributed by atoms with Crippen LogP contribution in [-0.4, -0.2) is 23.9 Å². The van der Waals surface area contributed by atoms with Crippen LogP contribution >= 0.6 is 11.8 Å². The number of hydrogen-bond donors (Lipinski definition) is 0. The van der Waals surface area contributed by atoms with E-state index in [0.717, 1.165) is 24.3 Å². The SMILES string of the molecule is O=C(CC1CCSCC1)c1ccccc1OC(F)F. The Morgan fingerprint density at radius 1 is 1.32 bits per heavy atom. The zero-order chi connectivity index (χ0) is 13.7. The second-order valence-corrected chi connectivity index (χ2v) is 5.78. The van der Waals surface area contributed by atoms with Gasteiger partial charge in [0.15, 0.2) is 5.78 Å². The van der Waals surface area contributed by atoms with E-state index < -0.39 is 6.61 Å². The second-order valence-electron chi connectivity index (χ2n) is 4.56. The van der Waals surface area contributed by atoms with Gasteiger partial charge in [-0.2, -0.15) is 20.5 Å². The van der Waals surface area contributed by atoms with Crippen molar-refractivity contribution in [3.05, 3.63) is 29.8 Å². The highest BCUT2D eigenvalue weighted by Gasteiger charge is 2.21. The van der Waals surface area contributed by atoms with Crippen LogP contribution in [0.4, 0.5) is 8.78 Å². The Bertz CT molecular complexity index is 431. The predicted molar refractivity (Wildman–Crippen MR) is 72.1 cm³/mol. The largest absolute Gasteiger partial charge is 0.434 e. The summed E-state index contributed by atoms with van der Waals surface area (Å²) in [6, 6.07) is 6.22. The lowest BCUT2D eigenvalue weighted by Crippen LogP contribution is -2.15. The van der Waals surface area contributed by atoms with Crippen LogP contribution in [0.3, 0.4) is 0 Å². The average molecular weight is 286 g/mol. The van der Waals surface area contributed by atoms with Gasteiger partial charge in [-0.15, -0.1) is 0 Å². The molecule has 0 aliphatic carbocycles. The standard InChI is InChI=1S/C14H16F2O2S/c15-14(16)18-13-4-2-1-3-11(13)12(17)9-10-5-7-19-8-6-10/h1-4,10,14H,5-9H2. The summed E-state index contributed by atoms with van der Waals surface area (Å²) in [5.74, 6) is 2.40. The molecule has 5 heteroatoms. The van der Waals surface area contributed by atoms with Crippen LogP contribution in [0.1, 0.15) is 29.6 Å². The molecule has 1 aromatic rings. The van der Waals surface area contributed by atoms with Crippen molar-refractivity contribution >= 4 is 17.5 Å². The van der Waals surface area contributed by atoms with E-state index in [1.807, 2.05) is 11.8 Å². The smallest absolute Gasteiger partial charge is 0.387 e. The molecule has 104 valence electrons. The molecular weight excluding hydrogens is 270 g/mol. The van der Waals surface area contributed by atoms with Gasteiger partial charge in [0.2, 0.25) is 0 Å². The van der Waals surface area contributed by atoms with Gasteiger partial charge in [-0.1, -0.05) is 12.1 Å². The lowest BCUT2D eigenvalue weighted by molar-refractivity contribution is -0.0501. The van der Waals surface area contributed by atoms with Gasteiger partial charge in [-0.25, -0.2) is 0 Å². The molecule has 19 heavy (non-hydrogen) atoms. The number of carbonyl (C=O) groups is 1. The van der Waals surface area contributed by atoms with E-state index in [4.69, 9.17) is 0 Å². The van der Waals surface area contributed by atoms with E-state index in [2.05, 4.69) is 4.74 Å². The summed E-state index contributed by atoms with van der Waals surface area (Å²) in [6.07, 6.45) is 2.47. The maximum absolute atomic E-state index is 12.3. The molecule has 1 heterocycles. The third kappa shape index (κ3) is 4.20. The average Bonchev–Trinajstić information content (AvgIpc) is 2.39. The summed E-state index contributed by atoms with van der Waals surface area (Å²) in [7, 11) is 0. The number of Topliss-reactive ketones (excluding diaryl/α,β-unsaturated/α-hetero) is 1. The summed E-state index contributed by atoms with van der Waals surface area (Å²) >= 11 is 1.90. The molecule has 0 N–H and O–H groups in total. The lowest BCUT2D eigenvalue weighted by atomic mass is 9.93. The van der Waals surface area contributed by atoms with Crippen molar-refractivity contribution < 1.29 is 18.3 Å². The van der Waals surface area contributed by atoms with Crippen molar-refractivity contribution in [2.75, 3.05) is 11.5 Å². The summed E-state index contributed by atoms with van der Waals surface area (Å²) in [5.41, 5.74) is 0.265. The quantitative estimate of drug-likeness (QED) is 0.765. The van der Waals surface area contributed by atoms with Crippen LogP contribution in [0, 0.1) is 5.92 Å². The summed E-state index contributed by atoms with van der Waals surface area (Å²) in [6.45, 7) is -2.90. The normalized spacial score (nSPS) is 16.6. The molecule has 2 nitrogen and oxygen atoms in total. The van der Waals surface area contributed by atoms with Crippen LogP contribution in [0.15, 0.2) is 24.3 Å².